The fourth-order valence-corrected chi connectivity index (χ4v) is 2.43. The monoisotopic (exact) mass is 185 g/mol. The molecule has 0 spiro atoms. The van der Waals surface area contributed by atoms with Crippen molar-refractivity contribution in [3.8, 4) is 0 Å². The van der Waals surface area contributed by atoms with Gasteiger partial charge in [0, 0.05) is 12.5 Å². The van der Waals surface area contributed by atoms with Gasteiger partial charge in [-0.2, -0.15) is 0 Å². The van der Waals surface area contributed by atoms with Crippen LogP contribution in [0.25, 0.3) is 0 Å². The second-order valence-corrected chi connectivity index (χ2v) is 3.75. The summed E-state index contributed by atoms with van der Waals surface area (Å²) in [6.07, 6.45) is 2.47. The number of hydrogen-bond acceptors (Lipinski definition) is 2. The largest absolute Gasteiger partial charge is 0.481 e. The van der Waals surface area contributed by atoms with Crippen molar-refractivity contribution in [1.82, 2.24) is 4.90 Å². The van der Waals surface area contributed by atoms with E-state index in [9.17, 15) is 4.79 Å². The van der Waals surface area contributed by atoms with Gasteiger partial charge in [-0.3, -0.25) is 4.79 Å². The standard InChI is InChI=1S/C10H19NO2/c1-3-9-8(7-10(12)13)5-6-11(9)4-2/h8-9H,3-7H2,1-2H3,(H,12,13)/t8-,9-/m0/s1. The van der Waals surface area contributed by atoms with Crippen molar-refractivity contribution in [3.05, 3.63) is 0 Å². The van der Waals surface area contributed by atoms with Crippen LogP contribution in [-0.2, 0) is 4.79 Å². The minimum absolute atomic E-state index is 0.342. The van der Waals surface area contributed by atoms with Gasteiger partial charge in [0.05, 0.1) is 0 Å². The van der Waals surface area contributed by atoms with Gasteiger partial charge in [-0.25, -0.2) is 0 Å². The summed E-state index contributed by atoms with van der Waals surface area (Å²) < 4.78 is 0. The number of rotatable bonds is 4. The molecule has 1 fully saturated rings. The molecule has 1 heterocycles. The van der Waals surface area contributed by atoms with E-state index in [0.29, 0.717) is 18.4 Å². The number of hydrogen-bond donors (Lipinski definition) is 1. The summed E-state index contributed by atoms with van der Waals surface area (Å²) in [7, 11) is 0. The molecule has 0 amide bonds. The van der Waals surface area contributed by atoms with Gasteiger partial charge < -0.3 is 10.0 Å². The molecule has 0 aromatic carbocycles. The van der Waals surface area contributed by atoms with Crippen LogP contribution in [0.5, 0.6) is 0 Å². The van der Waals surface area contributed by atoms with Gasteiger partial charge >= 0.3 is 5.97 Å². The lowest BCUT2D eigenvalue weighted by Gasteiger charge is -2.25. The normalized spacial score (nSPS) is 29.4. The van der Waals surface area contributed by atoms with E-state index in [2.05, 4.69) is 18.7 Å². The number of carboxylic acids is 1. The summed E-state index contributed by atoms with van der Waals surface area (Å²) in [6.45, 7) is 6.42. The van der Waals surface area contributed by atoms with Gasteiger partial charge in [0.1, 0.15) is 0 Å². The molecule has 1 aliphatic rings. The third kappa shape index (κ3) is 2.44. The number of nitrogens with zero attached hydrogens (tertiary/aromatic N) is 1. The zero-order chi connectivity index (χ0) is 9.84. The molecular formula is C10H19NO2. The summed E-state index contributed by atoms with van der Waals surface area (Å²) in [6, 6.07) is 0.501. The fraction of sp³-hybridized carbons (Fsp3) is 0.900. The Labute approximate surface area is 79.7 Å². The summed E-state index contributed by atoms with van der Waals surface area (Å²) in [5.41, 5.74) is 0. The van der Waals surface area contributed by atoms with E-state index in [-0.39, 0.29) is 0 Å². The van der Waals surface area contributed by atoms with Crippen LogP contribution in [0.2, 0.25) is 0 Å². The Morgan fingerprint density at radius 3 is 2.69 bits per heavy atom. The molecule has 0 radical (unpaired) electrons. The van der Waals surface area contributed by atoms with Crippen molar-refractivity contribution in [2.75, 3.05) is 13.1 Å². The predicted molar refractivity (Wildman–Crippen MR) is 51.7 cm³/mol. The van der Waals surface area contributed by atoms with Crippen LogP contribution < -0.4 is 0 Å². The highest BCUT2D eigenvalue weighted by Crippen LogP contribution is 2.28. The van der Waals surface area contributed by atoms with Gasteiger partial charge in [0.2, 0.25) is 0 Å². The van der Waals surface area contributed by atoms with Crippen LogP contribution >= 0.6 is 0 Å². The molecule has 0 aromatic rings. The highest BCUT2D eigenvalue weighted by Gasteiger charge is 2.32. The average molecular weight is 185 g/mol. The first kappa shape index (κ1) is 10.5. The molecule has 0 aliphatic carbocycles. The Bertz CT molecular complexity index is 182. The van der Waals surface area contributed by atoms with Crippen LogP contribution in [0.4, 0.5) is 0 Å². The predicted octanol–water partition coefficient (Wildman–Crippen LogP) is 1.58. The molecule has 0 unspecified atom stereocenters. The molecule has 3 nitrogen and oxygen atoms in total. The van der Waals surface area contributed by atoms with Crippen molar-refractivity contribution < 1.29 is 9.90 Å². The Kier molecular flexibility index (Phi) is 3.72. The maximum Gasteiger partial charge on any atom is 0.303 e. The zero-order valence-electron chi connectivity index (χ0n) is 8.49. The average Bonchev–Trinajstić information content (AvgIpc) is 2.45. The SMILES string of the molecule is CC[C@H]1[C@H](CC(=O)O)CCN1CC. The molecule has 1 rings (SSSR count). The van der Waals surface area contributed by atoms with E-state index in [1.165, 1.54) is 0 Å². The lowest BCUT2D eigenvalue weighted by molar-refractivity contribution is -0.138. The minimum Gasteiger partial charge on any atom is -0.481 e. The van der Waals surface area contributed by atoms with Gasteiger partial charge in [0.15, 0.2) is 0 Å². The Morgan fingerprint density at radius 2 is 2.23 bits per heavy atom. The summed E-state index contributed by atoms with van der Waals surface area (Å²) in [5.74, 6) is -0.274. The molecule has 1 aliphatic heterocycles. The van der Waals surface area contributed by atoms with Crippen LogP contribution in [0.3, 0.4) is 0 Å². The highest BCUT2D eigenvalue weighted by atomic mass is 16.4. The van der Waals surface area contributed by atoms with E-state index >= 15 is 0 Å². The minimum atomic E-state index is -0.651. The first-order valence-electron chi connectivity index (χ1n) is 5.14. The van der Waals surface area contributed by atoms with E-state index in [1.807, 2.05) is 0 Å². The van der Waals surface area contributed by atoms with Gasteiger partial charge in [-0.1, -0.05) is 13.8 Å². The van der Waals surface area contributed by atoms with Crippen LogP contribution in [0.1, 0.15) is 33.1 Å². The second kappa shape index (κ2) is 4.61. The van der Waals surface area contributed by atoms with E-state index in [1.54, 1.807) is 0 Å². The lowest BCUT2D eigenvalue weighted by atomic mass is 9.95. The van der Waals surface area contributed by atoms with Crippen molar-refractivity contribution in [2.24, 2.45) is 5.92 Å². The molecule has 0 aromatic heterocycles. The maximum absolute atomic E-state index is 10.6. The fourth-order valence-electron chi connectivity index (χ4n) is 2.43. The first-order valence-corrected chi connectivity index (χ1v) is 5.14. The van der Waals surface area contributed by atoms with Crippen molar-refractivity contribution >= 4 is 5.97 Å². The number of likely N-dealkylation sites (tertiary alicyclic amines) is 1. The molecule has 1 N–H and O–H groups in total. The van der Waals surface area contributed by atoms with Crippen molar-refractivity contribution in [1.29, 1.82) is 0 Å². The molecular weight excluding hydrogens is 166 g/mol. The smallest absolute Gasteiger partial charge is 0.303 e. The summed E-state index contributed by atoms with van der Waals surface area (Å²) >= 11 is 0. The Morgan fingerprint density at radius 1 is 1.54 bits per heavy atom. The molecule has 76 valence electrons. The van der Waals surface area contributed by atoms with E-state index in [0.717, 1.165) is 25.9 Å². The molecule has 0 bridgehead atoms. The van der Waals surface area contributed by atoms with Crippen LogP contribution in [-0.4, -0.2) is 35.1 Å². The summed E-state index contributed by atoms with van der Waals surface area (Å²) in [5, 5.41) is 8.73. The zero-order valence-corrected chi connectivity index (χ0v) is 8.49. The van der Waals surface area contributed by atoms with Crippen molar-refractivity contribution in [3.63, 3.8) is 0 Å². The molecule has 3 heteroatoms. The molecule has 1 saturated heterocycles. The Hall–Kier alpha value is -0.570. The first-order chi connectivity index (χ1) is 6.19. The number of carbonyl (C=O) groups is 1. The van der Waals surface area contributed by atoms with Gasteiger partial charge in [0.25, 0.3) is 0 Å². The van der Waals surface area contributed by atoms with Crippen molar-refractivity contribution in [2.45, 2.75) is 39.2 Å². The maximum atomic E-state index is 10.6. The third-order valence-corrected chi connectivity index (χ3v) is 3.06. The molecule has 0 saturated carbocycles. The summed E-state index contributed by atoms with van der Waals surface area (Å²) in [4.78, 5) is 13.0. The van der Waals surface area contributed by atoms with E-state index in [4.69, 9.17) is 5.11 Å². The highest BCUT2D eigenvalue weighted by molar-refractivity contribution is 5.67. The number of aliphatic carboxylic acids is 1. The quantitative estimate of drug-likeness (QED) is 0.723. The molecule has 2 atom stereocenters. The van der Waals surface area contributed by atoms with Crippen LogP contribution in [0.15, 0.2) is 0 Å². The van der Waals surface area contributed by atoms with E-state index < -0.39 is 5.97 Å². The second-order valence-electron chi connectivity index (χ2n) is 3.75. The van der Waals surface area contributed by atoms with Crippen LogP contribution in [0, 0.1) is 5.92 Å². The van der Waals surface area contributed by atoms with Gasteiger partial charge in [-0.15, -0.1) is 0 Å². The number of carboxylic acid groups (broad SMARTS) is 1. The third-order valence-electron chi connectivity index (χ3n) is 3.06. The molecule has 13 heavy (non-hydrogen) atoms. The van der Waals surface area contributed by atoms with Gasteiger partial charge in [-0.05, 0) is 31.8 Å². The topological polar surface area (TPSA) is 40.5 Å². The lowest BCUT2D eigenvalue weighted by Crippen LogP contribution is -2.32. The Balaban J connectivity index is 2.51.